The summed E-state index contributed by atoms with van der Waals surface area (Å²) < 4.78 is 50.9. The number of carbonyl (C=O) groups excluding carboxylic acids is 1. The summed E-state index contributed by atoms with van der Waals surface area (Å²) in [6.45, 7) is -0.144. The highest BCUT2D eigenvalue weighted by Crippen LogP contribution is 2.30. The first-order valence-corrected chi connectivity index (χ1v) is 6.96. The van der Waals surface area contributed by atoms with Crippen molar-refractivity contribution in [2.45, 2.75) is 32.0 Å². The van der Waals surface area contributed by atoms with Crippen molar-refractivity contribution < 1.29 is 22.4 Å². The van der Waals surface area contributed by atoms with E-state index in [4.69, 9.17) is 0 Å². The molecule has 2 N–H and O–H groups in total. The van der Waals surface area contributed by atoms with Gasteiger partial charge in [-0.15, -0.1) is 0 Å². The van der Waals surface area contributed by atoms with Crippen LogP contribution < -0.4 is 5.32 Å². The lowest BCUT2D eigenvalue weighted by atomic mass is 10.1. The van der Waals surface area contributed by atoms with Crippen LogP contribution in [0.25, 0.3) is 0 Å². The third-order valence-electron chi connectivity index (χ3n) is 3.28. The van der Waals surface area contributed by atoms with Gasteiger partial charge in [0.2, 0.25) is 5.91 Å². The number of hydrogen-bond acceptors (Lipinski definition) is 2. The van der Waals surface area contributed by atoms with E-state index in [0.29, 0.717) is 18.9 Å². The lowest BCUT2D eigenvalue weighted by Gasteiger charge is -2.10. The fourth-order valence-electron chi connectivity index (χ4n) is 2.02. The average Bonchev–Trinajstić information content (AvgIpc) is 2.98. The zero-order valence-electron chi connectivity index (χ0n) is 12.1. The number of carbonyl (C=O) groups is 1. The van der Waals surface area contributed by atoms with Gasteiger partial charge >= 0.3 is 6.18 Å². The monoisotopic (exact) mass is 329 g/mol. The Bertz CT molecular complexity index is 653. The minimum atomic E-state index is -4.59. The van der Waals surface area contributed by atoms with Crippen LogP contribution in [0.1, 0.15) is 29.5 Å². The van der Waals surface area contributed by atoms with Crippen LogP contribution in [-0.4, -0.2) is 16.1 Å². The third kappa shape index (κ3) is 5.08. The van der Waals surface area contributed by atoms with E-state index in [1.54, 1.807) is 12.4 Å². The van der Waals surface area contributed by atoms with E-state index in [1.165, 1.54) is 0 Å². The first-order chi connectivity index (χ1) is 10.9. The van der Waals surface area contributed by atoms with Gasteiger partial charge < -0.3 is 5.32 Å². The zero-order valence-corrected chi connectivity index (χ0v) is 12.1. The molecule has 4 nitrogen and oxygen atoms in total. The summed E-state index contributed by atoms with van der Waals surface area (Å²) in [5, 5.41) is 8.94. The van der Waals surface area contributed by atoms with Crippen LogP contribution in [0.3, 0.4) is 0 Å². The number of aryl methyl sites for hydroxylation is 1. The van der Waals surface area contributed by atoms with Crippen molar-refractivity contribution >= 4 is 5.91 Å². The fraction of sp³-hybridized carbons (Fsp3) is 0.333. The van der Waals surface area contributed by atoms with Crippen molar-refractivity contribution in [2.24, 2.45) is 0 Å². The predicted molar refractivity (Wildman–Crippen MR) is 74.8 cm³/mol. The van der Waals surface area contributed by atoms with Gasteiger partial charge in [0, 0.05) is 24.7 Å². The van der Waals surface area contributed by atoms with E-state index < -0.39 is 17.6 Å². The lowest BCUT2D eigenvalue weighted by molar-refractivity contribution is -0.137. The highest BCUT2D eigenvalue weighted by Gasteiger charge is 2.31. The highest BCUT2D eigenvalue weighted by molar-refractivity contribution is 5.75. The standard InChI is InChI=1S/C15H15F4N3O/c16-13-6-12(15(17,18)19)5-4-11(13)9-20-14(23)3-1-2-10-7-21-22-8-10/h4-8H,1-3,9H2,(H,20,23)(H,21,22). The van der Waals surface area contributed by atoms with Crippen LogP contribution in [0.4, 0.5) is 17.6 Å². The quantitative estimate of drug-likeness (QED) is 0.800. The molecule has 124 valence electrons. The van der Waals surface area contributed by atoms with E-state index in [1.807, 2.05) is 0 Å². The van der Waals surface area contributed by atoms with E-state index >= 15 is 0 Å². The average molecular weight is 329 g/mol. The van der Waals surface area contributed by atoms with Gasteiger partial charge in [-0.05, 0) is 30.5 Å². The molecule has 0 spiro atoms. The van der Waals surface area contributed by atoms with Gasteiger partial charge in [-0.2, -0.15) is 18.3 Å². The Labute approximate surface area is 129 Å². The number of nitrogens with zero attached hydrogens (tertiary/aromatic N) is 1. The number of nitrogens with one attached hydrogen (secondary N) is 2. The molecule has 0 aliphatic carbocycles. The minimum absolute atomic E-state index is 0.0150. The molecule has 1 aromatic carbocycles. The number of halogens is 4. The van der Waals surface area contributed by atoms with Crippen LogP contribution in [0.2, 0.25) is 0 Å². The largest absolute Gasteiger partial charge is 0.416 e. The number of rotatable bonds is 6. The van der Waals surface area contributed by atoms with E-state index in [2.05, 4.69) is 15.5 Å². The van der Waals surface area contributed by atoms with Crippen molar-refractivity contribution in [3.05, 3.63) is 53.1 Å². The summed E-state index contributed by atoms with van der Waals surface area (Å²) in [4.78, 5) is 11.6. The molecular weight excluding hydrogens is 314 g/mol. The van der Waals surface area contributed by atoms with Crippen LogP contribution in [0.5, 0.6) is 0 Å². The second-order valence-corrected chi connectivity index (χ2v) is 5.04. The molecule has 1 heterocycles. The normalized spacial score (nSPS) is 11.5. The number of H-pyrrole nitrogens is 1. The molecule has 0 unspecified atom stereocenters. The molecule has 2 rings (SSSR count). The predicted octanol–water partition coefficient (Wildman–Crippen LogP) is 3.21. The zero-order chi connectivity index (χ0) is 16.9. The molecule has 1 aromatic heterocycles. The maximum atomic E-state index is 13.6. The smallest absolute Gasteiger partial charge is 0.352 e. The van der Waals surface area contributed by atoms with Crippen LogP contribution in [-0.2, 0) is 23.9 Å². The first kappa shape index (κ1) is 17.0. The Morgan fingerprint density at radius 3 is 2.70 bits per heavy atom. The van der Waals surface area contributed by atoms with Crippen molar-refractivity contribution in [1.29, 1.82) is 0 Å². The molecule has 0 saturated carbocycles. The summed E-state index contributed by atoms with van der Waals surface area (Å²) in [7, 11) is 0. The van der Waals surface area contributed by atoms with Crippen molar-refractivity contribution in [2.75, 3.05) is 0 Å². The molecule has 8 heteroatoms. The molecule has 0 aliphatic rings. The highest BCUT2D eigenvalue weighted by atomic mass is 19.4. The van der Waals surface area contributed by atoms with E-state index in [-0.39, 0.29) is 24.4 Å². The topological polar surface area (TPSA) is 57.8 Å². The molecule has 0 radical (unpaired) electrons. The molecule has 0 bridgehead atoms. The number of aromatic amines is 1. The maximum Gasteiger partial charge on any atom is 0.416 e. The number of alkyl halides is 3. The summed E-state index contributed by atoms with van der Waals surface area (Å²) in [6, 6.07) is 2.26. The number of amides is 1. The second kappa shape index (κ2) is 7.26. The Balaban J connectivity index is 1.80. The fourth-order valence-corrected chi connectivity index (χ4v) is 2.02. The Morgan fingerprint density at radius 2 is 2.09 bits per heavy atom. The number of aromatic nitrogens is 2. The molecule has 0 saturated heterocycles. The summed E-state index contributed by atoms with van der Waals surface area (Å²) >= 11 is 0. The second-order valence-electron chi connectivity index (χ2n) is 5.04. The Hall–Kier alpha value is -2.38. The summed E-state index contributed by atoms with van der Waals surface area (Å²) in [5.41, 5.74) is -0.0574. The molecule has 0 aliphatic heterocycles. The van der Waals surface area contributed by atoms with Gasteiger partial charge in [-0.1, -0.05) is 6.07 Å². The molecule has 0 fully saturated rings. The van der Waals surface area contributed by atoms with Crippen LogP contribution >= 0.6 is 0 Å². The third-order valence-corrected chi connectivity index (χ3v) is 3.28. The van der Waals surface area contributed by atoms with Crippen LogP contribution in [0.15, 0.2) is 30.6 Å². The molecule has 23 heavy (non-hydrogen) atoms. The first-order valence-electron chi connectivity index (χ1n) is 6.96. The number of hydrogen-bond donors (Lipinski definition) is 2. The SMILES string of the molecule is O=C(CCCc1cn[nH]c1)NCc1ccc(C(F)(F)F)cc1F. The van der Waals surface area contributed by atoms with Gasteiger partial charge in [0.05, 0.1) is 11.8 Å². The lowest BCUT2D eigenvalue weighted by Crippen LogP contribution is -2.23. The molecular formula is C15H15F4N3O. The maximum absolute atomic E-state index is 13.6. The summed E-state index contributed by atoms with van der Waals surface area (Å²) in [6.07, 6.45) is 0.327. The van der Waals surface area contributed by atoms with Crippen LogP contribution in [0, 0.1) is 5.82 Å². The van der Waals surface area contributed by atoms with Gasteiger partial charge in [0.15, 0.2) is 0 Å². The molecule has 2 aromatic rings. The Kier molecular flexibility index (Phi) is 5.36. The van der Waals surface area contributed by atoms with Gasteiger partial charge in [0.1, 0.15) is 5.82 Å². The van der Waals surface area contributed by atoms with E-state index in [0.717, 1.165) is 17.7 Å². The molecule has 0 atom stereocenters. The van der Waals surface area contributed by atoms with E-state index in [9.17, 15) is 22.4 Å². The van der Waals surface area contributed by atoms with Crippen molar-refractivity contribution in [3.63, 3.8) is 0 Å². The molecule has 1 amide bonds. The van der Waals surface area contributed by atoms with Gasteiger partial charge in [0.25, 0.3) is 0 Å². The van der Waals surface area contributed by atoms with Gasteiger partial charge in [-0.25, -0.2) is 4.39 Å². The number of benzene rings is 1. The summed E-state index contributed by atoms with van der Waals surface area (Å²) in [5.74, 6) is -1.27. The van der Waals surface area contributed by atoms with Crippen molar-refractivity contribution in [1.82, 2.24) is 15.5 Å². The van der Waals surface area contributed by atoms with Gasteiger partial charge in [-0.3, -0.25) is 9.89 Å². The van der Waals surface area contributed by atoms with Crippen molar-refractivity contribution in [3.8, 4) is 0 Å². The minimum Gasteiger partial charge on any atom is -0.352 e. The Morgan fingerprint density at radius 1 is 1.30 bits per heavy atom.